The number of carbonyl (C=O) groups excluding carboxylic acids is 1. The molecule has 2 rings (SSSR count). The summed E-state index contributed by atoms with van der Waals surface area (Å²) in [7, 11) is 0. The number of hydrogen-bond acceptors (Lipinski definition) is 3. The van der Waals surface area contributed by atoms with E-state index in [1.165, 1.54) is 18.2 Å². The Morgan fingerprint density at radius 2 is 2.05 bits per heavy atom. The molecule has 0 aliphatic carbocycles. The standard InChI is InChI=1S/C15H11ClN2O2/c1-9-2-3-10(8-17)6-14(9)18-15(20)12-7-11(19)4-5-13(12)16/h2-7,19H,1H3,(H,18,20). The highest BCUT2D eigenvalue weighted by molar-refractivity contribution is 6.34. The Bertz CT molecular complexity index is 720. The summed E-state index contributed by atoms with van der Waals surface area (Å²) in [6.07, 6.45) is 0. The molecule has 5 heteroatoms. The number of anilines is 1. The van der Waals surface area contributed by atoms with Gasteiger partial charge in [-0.2, -0.15) is 5.26 Å². The third-order valence-electron chi connectivity index (χ3n) is 2.81. The lowest BCUT2D eigenvalue weighted by atomic mass is 10.1. The topological polar surface area (TPSA) is 73.1 Å². The van der Waals surface area contributed by atoms with Gasteiger partial charge in [-0.1, -0.05) is 17.7 Å². The fourth-order valence-corrected chi connectivity index (χ4v) is 1.91. The van der Waals surface area contributed by atoms with E-state index in [2.05, 4.69) is 5.32 Å². The number of aryl methyl sites for hydroxylation is 1. The van der Waals surface area contributed by atoms with Gasteiger partial charge in [0.15, 0.2) is 0 Å². The highest BCUT2D eigenvalue weighted by Gasteiger charge is 2.13. The van der Waals surface area contributed by atoms with Crippen molar-refractivity contribution in [2.75, 3.05) is 5.32 Å². The number of aromatic hydroxyl groups is 1. The minimum Gasteiger partial charge on any atom is -0.508 e. The predicted octanol–water partition coefficient (Wildman–Crippen LogP) is 3.48. The lowest BCUT2D eigenvalue weighted by Gasteiger charge is -2.10. The maximum Gasteiger partial charge on any atom is 0.257 e. The van der Waals surface area contributed by atoms with Gasteiger partial charge in [0.25, 0.3) is 5.91 Å². The molecule has 20 heavy (non-hydrogen) atoms. The van der Waals surface area contributed by atoms with Crippen molar-refractivity contribution in [2.24, 2.45) is 0 Å². The van der Waals surface area contributed by atoms with Crippen LogP contribution in [0.5, 0.6) is 5.75 Å². The number of benzene rings is 2. The van der Waals surface area contributed by atoms with E-state index in [0.717, 1.165) is 5.56 Å². The molecule has 0 bridgehead atoms. The van der Waals surface area contributed by atoms with Crippen molar-refractivity contribution in [3.8, 4) is 11.8 Å². The number of phenols is 1. The molecule has 0 unspecified atom stereocenters. The Kier molecular flexibility index (Phi) is 3.92. The monoisotopic (exact) mass is 286 g/mol. The Hall–Kier alpha value is -2.51. The van der Waals surface area contributed by atoms with E-state index >= 15 is 0 Å². The Morgan fingerprint density at radius 1 is 1.30 bits per heavy atom. The third-order valence-corrected chi connectivity index (χ3v) is 3.14. The highest BCUT2D eigenvalue weighted by atomic mass is 35.5. The Labute approximate surface area is 121 Å². The molecule has 100 valence electrons. The summed E-state index contributed by atoms with van der Waals surface area (Å²) in [5.41, 5.74) is 1.99. The Balaban J connectivity index is 2.33. The van der Waals surface area contributed by atoms with E-state index in [0.29, 0.717) is 11.3 Å². The van der Waals surface area contributed by atoms with Gasteiger partial charge in [0.05, 0.1) is 22.2 Å². The molecule has 0 fully saturated rings. The van der Waals surface area contributed by atoms with Crippen molar-refractivity contribution >= 4 is 23.2 Å². The summed E-state index contributed by atoms with van der Waals surface area (Å²) < 4.78 is 0. The number of rotatable bonds is 2. The maximum atomic E-state index is 12.1. The molecular formula is C15H11ClN2O2. The number of phenolic OH excluding ortho intramolecular Hbond substituents is 1. The number of halogens is 1. The smallest absolute Gasteiger partial charge is 0.257 e. The van der Waals surface area contributed by atoms with Gasteiger partial charge in [-0.25, -0.2) is 0 Å². The summed E-state index contributed by atoms with van der Waals surface area (Å²) in [5, 5.41) is 21.2. The van der Waals surface area contributed by atoms with Crippen molar-refractivity contribution in [3.63, 3.8) is 0 Å². The van der Waals surface area contributed by atoms with E-state index in [1.54, 1.807) is 18.2 Å². The van der Waals surface area contributed by atoms with Crippen LogP contribution in [0.15, 0.2) is 36.4 Å². The minimum absolute atomic E-state index is 0.0398. The summed E-state index contributed by atoms with van der Waals surface area (Å²) in [6.45, 7) is 1.82. The van der Waals surface area contributed by atoms with Crippen molar-refractivity contribution < 1.29 is 9.90 Å². The summed E-state index contributed by atoms with van der Waals surface area (Å²) >= 11 is 5.93. The number of carbonyl (C=O) groups is 1. The molecule has 0 aromatic heterocycles. The summed E-state index contributed by atoms with van der Waals surface area (Å²) in [5.74, 6) is -0.480. The van der Waals surface area contributed by atoms with Gasteiger partial charge in [0.1, 0.15) is 5.75 Å². The largest absolute Gasteiger partial charge is 0.508 e. The average Bonchev–Trinajstić information content (AvgIpc) is 2.43. The SMILES string of the molecule is Cc1ccc(C#N)cc1NC(=O)c1cc(O)ccc1Cl. The first-order valence-electron chi connectivity index (χ1n) is 5.82. The molecule has 0 saturated heterocycles. The number of amides is 1. The maximum absolute atomic E-state index is 12.1. The van der Waals surface area contributed by atoms with Crippen LogP contribution in [-0.2, 0) is 0 Å². The zero-order valence-electron chi connectivity index (χ0n) is 10.6. The molecule has 0 heterocycles. The fourth-order valence-electron chi connectivity index (χ4n) is 1.70. The molecule has 2 aromatic carbocycles. The molecule has 2 N–H and O–H groups in total. The third kappa shape index (κ3) is 2.90. The van der Waals surface area contributed by atoms with Crippen LogP contribution in [0, 0.1) is 18.3 Å². The number of nitrogens with zero attached hydrogens (tertiary/aromatic N) is 1. The zero-order valence-corrected chi connectivity index (χ0v) is 11.4. The summed E-state index contributed by atoms with van der Waals surface area (Å²) in [4.78, 5) is 12.1. The second-order valence-corrected chi connectivity index (χ2v) is 4.67. The predicted molar refractivity (Wildman–Crippen MR) is 77.0 cm³/mol. The normalized spacial score (nSPS) is 9.85. The lowest BCUT2D eigenvalue weighted by Crippen LogP contribution is -2.13. The van der Waals surface area contributed by atoms with E-state index < -0.39 is 5.91 Å². The van der Waals surface area contributed by atoms with E-state index in [9.17, 15) is 9.90 Å². The highest BCUT2D eigenvalue weighted by Crippen LogP contribution is 2.23. The van der Waals surface area contributed by atoms with E-state index in [4.69, 9.17) is 16.9 Å². The van der Waals surface area contributed by atoms with Crippen LogP contribution in [0.1, 0.15) is 21.5 Å². The van der Waals surface area contributed by atoms with Crippen LogP contribution in [0.2, 0.25) is 5.02 Å². The molecule has 0 aliphatic rings. The molecule has 4 nitrogen and oxygen atoms in total. The van der Waals surface area contributed by atoms with Crippen LogP contribution >= 0.6 is 11.6 Å². The number of nitriles is 1. The van der Waals surface area contributed by atoms with Crippen LogP contribution in [0.3, 0.4) is 0 Å². The van der Waals surface area contributed by atoms with E-state index in [-0.39, 0.29) is 16.3 Å². The van der Waals surface area contributed by atoms with Crippen molar-refractivity contribution in [2.45, 2.75) is 6.92 Å². The quantitative estimate of drug-likeness (QED) is 0.887. The van der Waals surface area contributed by atoms with Crippen molar-refractivity contribution in [1.29, 1.82) is 5.26 Å². The van der Waals surface area contributed by atoms with E-state index in [1.807, 2.05) is 13.0 Å². The second-order valence-electron chi connectivity index (χ2n) is 4.26. The van der Waals surface area contributed by atoms with Gasteiger partial charge in [-0.05, 0) is 42.8 Å². The molecule has 0 radical (unpaired) electrons. The molecular weight excluding hydrogens is 276 g/mol. The first kappa shape index (κ1) is 13.9. The second kappa shape index (κ2) is 5.64. The van der Waals surface area contributed by atoms with Crippen LogP contribution in [0.25, 0.3) is 0 Å². The number of nitrogens with one attached hydrogen (secondary N) is 1. The molecule has 0 spiro atoms. The van der Waals surface area contributed by atoms with Crippen LogP contribution < -0.4 is 5.32 Å². The zero-order chi connectivity index (χ0) is 14.7. The van der Waals surface area contributed by atoms with Gasteiger partial charge in [0, 0.05) is 5.69 Å². The van der Waals surface area contributed by atoms with Gasteiger partial charge in [-0.15, -0.1) is 0 Å². The summed E-state index contributed by atoms with van der Waals surface area (Å²) in [6, 6.07) is 11.2. The Morgan fingerprint density at radius 3 is 2.75 bits per heavy atom. The van der Waals surface area contributed by atoms with Gasteiger partial charge in [0.2, 0.25) is 0 Å². The van der Waals surface area contributed by atoms with Gasteiger partial charge >= 0.3 is 0 Å². The molecule has 0 atom stereocenters. The first-order valence-corrected chi connectivity index (χ1v) is 6.19. The van der Waals surface area contributed by atoms with Crippen LogP contribution in [0.4, 0.5) is 5.69 Å². The van der Waals surface area contributed by atoms with Crippen molar-refractivity contribution in [1.82, 2.24) is 0 Å². The average molecular weight is 287 g/mol. The molecule has 0 aliphatic heterocycles. The minimum atomic E-state index is -0.441. The van der Waals surface area contributed by atoms with Crippen molar-refractivity contribution in [3.05, 3.63) is 58.1 Å². The number of hydrogen-bond donors (Lipinski definition) is 2. The molecule has 0 saturated carbocycles. The first-order chi connectivity index (χ1) is 9.51. The van der Waals surface area contributed by atoms with Crippen LogP contribution in [-0.4, -0.2) is 11.0 Å². The molecule has 1 amide bonds. The molecule has 2 aromatic rings. The van der Waals surface area contributed by atoms with Gasteiger partial charge < -0.3 is 10.4 Å². The van der Waals surface area contributed by atoms with Gasteiger partial charge in [-0.3, -0.25) is 4.79 Å². The fraction of sp³-hybridized carbons (Fsp3) is 0.0667. The lowest BCUT2D eigenvalue weighted by molar-refractivity contribution is 0.102.